The lowest BCUT2D eigenvalue weighted by Gasteiger charge is -2.17. The summed E-state index contributed by atoms with van der Waals surface area (Å²) < 4.78 is 12.7. The highest BCUT2D eigenvalue weighted by molar-refractivity contribution is 5.94. The van der Waals surface area contributed by atoms with Gasteiger partial charge in [-0.2, -0.15) is 4.98 Å². The minimum absolute atomic E-state index is 0.0379. The third kappa shape index (κ3) is 2.94. The molecule has 0 bridgehead atoms. The summed E-state index contributed by atoms with van der Waals surface area (Å²) >= 11 is 0. The lowest BCUT2D eigenvalue weighted by Crippen LogP contribution is -2.32. The molecule has 0 N–H and O–H groups in total. The number of pyridine rings is 1. The molecule has 3 aromatic rings. The van der Waals surface area contributed by atoms with Gasteiger partial charge >= 0.3 is 0 Å². The summed E-state index contributed by atoms with van der Waals surface area (Å²) in [5.74, 6) is 0.758. The van der Waals surface area contributed by atoms with E-state index in [2.05, 4.69) is 15.0 Å². The van der Waals surface area contributed by atoms with Crippen LogP contribution >= 0.6 is 0 Å². The predicted molar refractivity (Wildman–Crippen MR) is 93.4 cm³/mol. The lowest BCUT2D eigenvalue weighted by atomic mass is 10.3. The van der Waals surface area contributed by atoms with Gasteiger partial charge in [-0.05, 0) is 19.1 Å². The van der Waals surface area contributed by atoms with Crippen LogP contribution in [0.3, 0.4) is 0 Å². The Morgan fingerprint density at radius 2 is 2.08 bits per heavy atom. The molecule has 0 aliphatic carbocycles. The van der Waals surface area contributed by atoms with Crippen molar-refractivity contribution in [2.75, 3.05) is 20.2 Å². The number of hydrogen-bond donors (Lipinski definition) is 0. The molecule has 0 aromatic carbocycles. The standard InChI is InChI=1S/C18H19N5O3/c1-12-17(23-7-4-3-5-14(23)20-12)18(24)22-8-6-13(11-22)26-16-10-19-9-15(21-16)25-2/h3-5,7,9-10,13H,6,8,11H2,1-2H3. The van der Waals surface area contributed by atoms with Gasteiger partial charge in [-0.25, -0.2) is 4.98 Å². The number of aryl methyl sites for hydroxylation is 1. The molecule has 1 amide bonds. The predicted octanol–water partition coefficient (Wildman–Crippen LogP) is 1.73. The molecule has 4 heterocycles. The Kier molecular flexibility index (Phi) is 4.16. The van der Waals surface area contributed by atoms with Crippen molar-refractivity contribution in [2.45, 2.75) is 19.4 Å². The zero-order chi connectivity index (χ0) is 18.1. The second-order valence-corrected chi connectivity index (χ2v) is 6.15. The first-order valence-corrected chi connectivity index (χ1v) is 8.41. The number of ether oxygens (including phenoxy) is 2. The lowest BCUT2D eigenvalue weighted by molar-refractivity contribution is 0.0763. The van der Waals surface area contributed by atoms with E-state index in [-0.39, 0.29) is 12.0 Å². The van der Waals surface area contributed by atoms with Crippen LogP contribution in [0.2, 0.25) is 0 Å². The number of likely N-dealkylation sites (tertiary alicyclic amines) is 1. The quantitative estimate of drug-likeness (QED) is 0.710. The second-order valence-electron chi connectivity index (χ2n) is 6.15. The molecule has 26 heavy (non-hydrogen) atoms. The van der Waals surface area contributed by atoms with Crippen LogP contribution in [0.5, 0.6) is 11.8 Å². The normalized spacial score (nSPS) is 16.8. The zero-order valence-electron chi connectivity index (χ0n) is 14.6. The van der Waals surface area contributed by atoms with Crippen LogP contribution in [0.25, 0.3) is 5.65 Å². The van der Waals surface area contributed by atoms with Gasteiger partial charge in [0.25, 0.3) is 5.91 Å². The molecule has 8 heteroatoms. The van der Waals surface area contributed by atoms with E-state index < -0.39 is 0 Å². The maximum absolute atomic E-state index is 13.0. The van der Waals surface area contributed by atoms with E-state index >= 15 is 0 Å². The highest BCUT2D eigenvalue weighted by Gasteiger charge is 2.31. The molecule has 1 aliphatic heterocycles. The minimum atomic E-state index is -0.125. The van der Waals surface area contributed by atoms with E-state index in [4.69, 9.17) is 9.47 Å². The maximum Gasteiger partial charge on any atom is 0.272 e. The van der Waals surface area contributed by atoms with Gasteiger partial charge in [-0.3, -0.25) is 14.2 Å². The van der Waals surface area contributed by atoms with Gasteiger partial charge in [0.15, 0.2) is 0 Å². The van der Waals surface area contributed by atoms with E-state index in [0.29, 0.717) is 30.5 Å². The number of hydrogen-bond acceptors (Lipinski definition) is 6. The first-order chi connectivity index (χ1) is 12.7. The van der Waals surface area contributed by atoms with Crippen LogP contribution in [0.1, 0.15) is 22.6 Å². The molecular formula is C18H19N5O3. The summed E-state index contributed by atoms with van der Waals surface area (Å²) in [6.07, 6.45) is 5.53. The Hall–Kier alpha value is -3.16. The number of fused-ring (bicyclic) bond motifs is 1. The van der Waals surface area contributed by atoms with Crippen LogP contribution in [0.4, 0.5) is 0 Å². The molecule has 1 aliphatic rings. The van der Waals surface area contributed by atoms with Crippen molar-refractivity contribution in [3.05, 3.63) is 48.2 Å². The Bertz CT molecular complexity index is 955. The van der Waals surface area contributed by atoms with Crippen LogP contribution in [-0.2, 0) is 0 Å². The van der Waals surface area contributed by atoms with Gasteiger partial charge in [-0.1, -0.05) is 6.07 Å². The Balaban J connectivity index is 1.49. The smallest absolute Gasteiger partial charge is 0.272 e. The summed E-state index contributed by atoms with van der Waals surface area (Å²) in [5.41, 5.74) is 2.10. The van der Waals surface area contributed by atoms with Gasteiger partial charge in [0.1, 0.15) is 17.4 Å². The third-order valence-corrected chi connectivity index (χ3v) is 4.43. The van der Waals surface area contributed by atoms with E-state index in [1.54, 1.807) is 11.1 Å². The highest BCUT2D eigenvalue weighted by Crippen LogP contribution is 2.21. The average molecular weight is 353 g/mol. The van der Waals surface area contributed by atoms with Crippen LogP contribution in [0.15, 0.2) is 36.8 Å². The number of methoxy groups -OCH3 is 1. The van der Waals surface area contributed by atoms with E-state index in [9.17, 15) is 4.79 Å². The molecule has 1 atom stereocenters. The molecule has 1 fully saturated rings. The monoisotopic (exact) mass is 353 g/mol. The summed E-state index contributed by atoms with van der Waals surface area (Å²) in [6.45, 7) is 2.98. The molecule has 0 spiro atoms. The van der Waals surface area contributed by atoms with E-state index in [1.165, 1.54) is 13.3 Å². The minimum Gasteiger partial charge on any atom is -0.480 e. The van der Waals surface area contributed by atoms with Gasteiger partial charge in [0.05, 0.1) is 31.7 Å². The van der Waals surface area contributed by atoms with Crippen molar-refractivity contribution in [1.82, 2.24) is 24.3 Å². The molecule has 8 nitrogen and oxygen atoms in total. The van der Waals surface area contributed by atoms with E-state index in [0.717, 1.165) is 17.8 Å². The first kappa shape index (κ1) is 16.3. The fraction of sp³-hybridized carbons (Fsp3) is 0.333. The molecule has 4 rings (SSSR count). The van der Waals surface area contributed by atoms with Crippen molar-refractivity contribution in [1.29, 1.82) is 0 Å². The SMILES string of the molecule is COc1cncc(OC2CCN(C(=O)c3c(C)nc4ccccn34)C2)n1. The zero-order valence-corrected chi connectivity index (χ0v) is 14.6. The van der Waals surface area contributed by atoms with Gasteiger partial charge < -0.3 is 14.4 Å². The number of nitrogens with zero attached hydrogens (tertiary/aromatic N) is 5. The van der Waals surface area contributed by atoms with Gasteiger partial charge in [-0.15, -0.1) is 0 Å². The van der Waals surface area contributed by atoms with Crippen LogP contribution in [-0.4, -0.2) is 56.5 Å². The number of carbonyl (C=O) groups excluding carboxylic acids is 1. The summed E-state index contributed by atoms with van der Waals surface area (Å²) in [5, 5.41) is 0. The summed E-state index contributed by atoms with van der Waals surface area (Å²) in [6, 6.07) is 5.69. The van der Waals surface area contributed by atoms with Crippen molar-refractivity contribution < 1.29 is 14.3 Å². The third-order valence-electron chi connectivity index (χ3n) is 4.43. The van der Waals surface area contributed by atoms with Crippen molar-refractivity contribution in [3.8, 4) is 11.8 Å². The van der Waals surface area contributed by atoms with Crippen molar-refractivity contribution in [3.63, 3.8) is 0 Å². The van der Waals surface area contributed by atoms with Crippen molar-refractivity contribution >= 4 is 11.6 Å². The molecule has 3 aromatic heterocycles. The molecule has 1 unspecified atom stereocenters. The maximum atomic E-state index is 13.0. The largest absolute Gasteiger partial charge is 0.480 e. The van der Waals surface area contributed by atoms with Gasteiger partial charge in [0.2, 0.25) is 11.8 Å². The number of aromatic nitrogens is 4. The molecule has 0 saturated carbocycles. The van der Waals surface area contributed by atoms with Crippen LogP contribution in [0, 0.1) is 6.92 Å². The molecule has 1 saturated heterocycles. The summed E-state index contributed by atoms with van der Waals surface area (Å²) in [4.78, 5) is 27.5. The number of amides is 1. The van der Waals surface area contributed by atoms with E-state index in [1.807, 2.05) is 35.7 Å². The number of rotatable bonds is 4. The fourth-order valence-electron chi connectivity index (χ4n) is 3.19. The topological polar surface area (TPSA) is 81.9 Å². The molecule has 0 radical (unpaired) electrons. The fourth-order valence-corrected chi connectivity index (χ4v) is 3.19. The average Bonchev–Trinajstić information content (AvgIpc) is 3.25. The Labute approximate surface area is 150 Å². The Morgan fingerprint density at radius 1 is 1.23 bits per heavy atom. The van der Waals surface area contributed by atoms with Crippen molar-refractivity contribution in [2.24, 2.45) is 0 Å². The number of imidazole rings is 1. The number of carbonyl (C=O) groups is 1. The highest BCUT2D eigenvalue weighted by atomic mass is 16.5. The van der Waals surface area contributed by atoms with Gasteiger partial charge in [0, 0.05) is 19.2 Å². The molecular weight excluding hydrogens is 334 g/mol. The Morgan fingerprint density at radius 3 is 2.92 bits per heavy atom. The molecule has 134 valence electrons. The second kappa shape index (κ2) is 6.62. The summed E-state index contributed by atoms with van der Waals surface area (Å²) in [7, 11) is 1.53. The van der Waals surface area contributed by atoms with Crippen LogP contribution < -0.4 is 9.47 Å². The first-order valence-electron chi connectivity index (χ1n) is 8.41.